The molecule has 0 aliphatic heterocycles. The Bertz CT molecular complexity index is 505. The van der Waals surface area contributed by atoms with Crippen molar-refractivity contribution in [3.63, 3.8) is 0 Å². The van der Waals surface area contributed by atoms with Crippen LogP contribution >= 0.6 is 0 Å². The topological polar surface area (TPSA) is 21.3 Å². The highest BCUT2D eigenvalue weighted by Crippen LogP contribution is 2.18. The number of hydrogen-bond acceptors (Lipinski definition) is 2. The molecule has 2 rings (SSSR count). The van der Waals surface area contributed by atoms with E-state index in [2.05, 4.69) is 62.6 Å². The van der Waals surface area contributed by atoms with E-state index < -0.39 is 0 Å². The molecule has 0 spiro atoms. The Morgan fingerprint density at radius 2 is 1.45 bits per heavy atom. The Kier molecular flexibility index (Phi) is 5.33. The van der Waals surface area contributed by atoms with E-state index in [-0.39, 0.29) is 6.04 Å². The van der Waals surface area contributed by atoms with Gasteiger partial charge in [0.2, 0.25) is 0 Å². The summed E-state index contributed by atoms with van der Waals surface area (Å²) in [6.45, 7) is 7.10. The summed E-state index contributed by atoms with van der Waals surface area (Å²) in [5, 5.41) is 0. The van der Waals surface area contributed by atoms with Crippen molar-refractivity contribution in [2.75, 3.05) is 0 Å². The molecule has 2 nitrogen and oxygen atoms in total. The fourth-order valence-corrected chi connectivity index (χ4v) is 2.06. The third kappa shape index (κ3) is 4.19. The fraction of sp³-hybridized carbons (Fsp3) is 0.333. The zero-order valence-corrected chi connectivity index (χ0v) is 12.5. The van der Waals surface area contributed by atoms with E-state index in [0.29, 0.717) is 12.5 Å². The van der Waals surface area contributed by atoms with Gasteiger partial charge in [-0.25, -0.2) is 0 Å². The van der Waals surface area contributed by atoms with Crippen molar-refractivity contribution in [1.29, 1.82) is 0 Å². The molecule has 0 saturated carbocycles. The van der Waals surface area contributed by atoms with Crippen molar-refractivity contribution >= 4 is 0 Å². The lowest BCUT2D eigenvalue weighted by Crippen LogP contribution is -2.19. The lowest BCUT2D eigenvalue weighted by Gasteiger charge is -2.15. The van der Waals surface area contributed by atoms with Crippen LogP contribution in [0.1, 0.15) is 49.4 Å². The van der Waals surface area contributed by atoms with E-state index in [1.165, 1.54) is 16.7 Å². The molecule has 0 bridgehead atoms. The first-order chi connectivity index (χ1) is 9.66. The summed E-state index contributed by atoms with van der Waals surface area (Å²) in [5.74, 6) is 0.571. The van der Waals surface area contributed by atoms with Crippen LogP contribution in [-0.4, -0.2) is 0 Å². The van der Waals surface area contributed by atoms with Crippen LogP contribution in [0.5, 0.6) is 0 Å². The first-order valence-electron chi connectivity index (χ1n) is 7.18. The molecule has 1 N–H and O–H groups in total. The highest BCUT2D eigenvalue weighted by Gasteiger charge is 2.06. The second-order valence-electron chi connectivity index (χ2n) is 5.44. The summed E-state index contributed by atoms with van der Waals surface area (Å²) in [7, 11) is 0. The summed E-state index contributed by atoms with van der Waals surface area (Å²) in [4.78, 5) is 5.56. The molecule has 1 atom stereocenters. The van der Waals surface area contributed by atoms with Gasteiger partial charge in [0.25, 0.3) is 0 Å². The fourth-order valence-electron chi connectivity index (χ4n) is 2.06. The van der Waals surface area contributed by atoms with Gasteiger partial charge in [0.1, 0.15) is 0 Å². The second kappa shape index (κ2) is 7.22. The van der Waals surface area contributed by atoms with Gasteiger partial charge in [-0.3, -0.25) is 4.84 Å². The third-order valence-corrected chi connectivity index (χ3v) is 3.44. The minimum Gasteiger partial charge on any atom is -0.296 e. The molecular weight excluding hydrogens is 246 g/mol. The predicted octanol–water partition coefficient (Wildman–Crippen LogP) is 4.59. The quantitative estimate of drug-likeness (QED) is 0.774. The summed E-state index contributed by atoms with van der Waals surface area (Å²) in [6, 6.07) is 19.1. The van der Waals surface area contributed by atoms with Crippen LogP contribution in [0.3, 0.4) is 0 Å². The minimum absolute atomic E-state index is 0.180. The van der Waals surface area contributed by atoms with Crippen molar-refractivity contribution in [3.8, 4) is 0 Å². The standard InChI is InChI=1S/C18H23NO/c1-14(2)17-9-11-18(12-10-17)15(3)19-20-13-16-7-5-4-6-8-16/h4-12,14-15,19H,13H2,1-3H3. The van der Waals surface area contributed by atoms with E-state index in [0.717, 1.165) is 0 Å². The van der Waals surface area contributed by atoms with Gasteiger partial charge in [0, 0.05) is 0 Å². The Labute approximate surface area is 121 Å². The van der Waals surface area contributed by atoms with Crippen molar-refractivity contribution in [3.05, 3.63) is 71.3 Å². The monoisotopic (exact) mass is 269 g/mol. The first-order valence-corrected chi connectivity index (χ1v) is 7.18. The molecule has 2 heteroatoms. The van der Waals surface area contributed by atoms with E-state index in [9.17, 15) is 0 Å². The number of benzene rings is 2. The molecule has 20 heavy (non-hydrogen) atoms. The van der Waals surface area contributed by atoms with Crippen molar-refractivity contribution < 1.29 is 4.84 Å². The minimum atomic E-state index is 0.180. The number of nitrogens with one attached hydrogen (secondary N) is 1. The molecule has 0 heterocycles. The smallest absolute Gasteiger partial charge is 0.0933 e. The van der Waals surface area contributed by atoms with Crippen molar-refractivity contribution in [2.45, 2.75) is 39.3 Å². The molecular formula is C18H23NO. The number of hydroxylamine groups is 1. The largest absolute Gasteiger partial charge is 0.296 e. The maximum absolute atomic E-state index is 5.56. The Hall–Kier alpha value is -1.64. The molecule has 0 aromatic heterocycles. The van der Waals surface area contributed by atoms with Crippen LogP contribution in [0.4, 0.5) is 0 Å². The molecule has 106 valence electrons. The third-order valence-electron chi connectivity index (χ3n) is 3.44. The zero-order valence-electron chi connectivity index (χ0n) is 12.5. The van der Waals surface area contributed by atoms with Gasteiger partial charge in [0.05, 0.1) is 12.6 Å². The van der Waals surface area contributed by atoms with E-state index in [4.69, 9.17) is 4.84 Å². The number of rotatable bonds is 6. The van der Waals surface area contributed by atoms with Gasteiger partial charge in [-0.15, -0.1) is 0 Å². The molecule has 2 aromatic carbocycles. The maximum atomic E-state index is 5.56. The van der Waals surface area contributed by atoms with Crippen LogP contribution in [0, 0.1) is 0 Å². The summed E-state index contributed by atoms with van der Waals surface area (Å²) in [5.41, 5.74) is 6.87. The Balaban J connectivity index is 1.84. The molecule has 0 fully saturated rings. The van der Waals surface area contributed by atoms with Crippen LogP contribution in [0.2, 0.25) is 0 Å². The van der Waals surface area contributed by atoms with Crippen LogP contribution in [0.15, 0.2) is 54.6 Å². The highest BCUT2D eigenvalue weighted by molar-refractivity contribution is 5.26. The Morgan fingerprint density at radius 3 is 2.05 bits per heavy atom. The highest BCUT2D eigenvalue weighted by atomic mass is 16.6. The van der Waals surface area contributed by atoms with Gasteiger partial charge in [-0.2, -0.15) is 5.48 Å². The van der Waals surface area contributed by atoms with Gasteiger partial charge < -0.3 is 0 Å². The molecule has 2 aromatic rings. The molecule has 0 aliphatic rings. The van der Waals surface area contributed by atoms with Crippen LogP contribution in [0.25, 0.3) is 0 Å². The molecule has 0 saturated heterocycles. The van der Waals surface area contributed by atoms with Crippen molar-refractivity contribution in [1.82, 2.24) is 5.48 Å². The average molecular weight is 269 g/mol. The average Bonchev–Trinajstić information content (AvgIpc) is 2.48. The lowest BCUT2D eigenvalue weighted by atomic mass is 10.00. The first kappa shape index (κ1) is 14.8. The summed E-state index contributed by atoms with van der Waals surface area (Å²) in [6.07, 6.45) is 0. The van der Waals surface area contributed by atoms with Crippen molar-refractivity contribution in [2.24, 2.45) is 0 Å². The van der Waals surface area contributed by atoms with Gasteiger partial charge in [-0.1, -0.05) is 68.4 Å². The SMILES string of the molecule is CC(C)c1ccc(C(C)NOCc2ccccc2)cc1. The summed E-state index contributed by atoms with van der Waals surface area (Å²) < 4.78 is 0. The van der Waals surface area contributed by atoms with E-state index >= 15 is 0 Å². The predicted molar refractivity (Wildman–Crippen MR) is 83.3 cm³/mol. The lowest BCUT2D eigenvalue weighted by molar-refractivity contribution is 0.00698. The normalized spacial score (nSPS) is 12.6. The van der Waals surface area contributed by atoms with E-state index in [1.807, 2.05) is 18.2 Å². The molecule has 0 radical (unpaired) electrons. The van der Waals surface area contributed by atoms with Gasteiger partial charge in [0.15, 0.2) is 0 Å². The summed E-state index contributed by atoms with van der Waals surface area (Å²) >= 11 is 0. The second-order valence-corrected chi connectivity index (χ2v) is 5.44. The van der Waals surface area contributed by atoms with Gasteiger partial charge in [-0.05, 0) is 29.5 Å². The van der Waals surface area contributed by atoms with Gasteiger partial charge >= 0.3 is 0 Å². The van der Waals surface area contributed by atoms with Crippen LogP contribution < -0.4 is 5.48 Å². The molecule has 0 aliphatic carbocycles. The number of hydrogen-bond donors (Lipinski definition) is 1. The Morgan fingerprint density at radius 1 is 0.850 bits per heavy atom. The molecule has 1 unspecified atom stereocenters. The van der Waals surface area contributed by atoms with Crippen LogP contribution in [-0.2, 0) is 11.4 Å². The zero-order chi connectivity index (χ0) is 14.4. The van der Waals surface area contributed by atoms with E-state index in [1.54, 1.807) is 0 Å². The molecule has 0 amide bonds. The maximum Gasteiger partial charge on any atom is 0.0933 e.